The third-order valence-corrected chi connectivity index (χ3v) is 6.60. The van der Waals surface area contributed by atoms with Crippen molar-refractivity contribution in [3.05, 3.63) is 98.3 Å². The second-order valence-electron chi connectivity index (χ2n) is 9.76. The molecule has 0 bridgehead atoms. The molecule has 1 amide bonds. The van der Waals surface area contributed by atoms with Crippen LogP contribution in [0.1, 0.15) is 52.6 Å². The van der Waals surface area contributed by atoms with Crippen LogP contribution < -0.4 is 15.6 Å². The van der Waals surface area contributed by atoms with Crippen molar-refractivity contribution < 1.29 is 25.4 Å². The van der Waals surface area contributed by atoms with Gasteiger partial charge in [-0.3, -0.25) is 19.1 Å². The van der Waals surface area contributed by atoms with E-state index in [-0.39, 0.29) is 23.1 Å². The van der Waals surface area contributed by atoms with Crippen molar-refractivity contribution in [1.29, 1.82) is 0 Å². The Morgan fingerprint density at radius 2 is 1.98 bits per heavy atom. The fourth-order valence-corrected chi connectivity index (χ4v) is 4.62. The second-order valence-corrected chi connectivity index (χ2v) is 10.1. The minimum atomic E-state index is -2.92. The maximum Gasteiger partial charge on any atom is 0.278 e. The molecule has 13 heteroatoms. The molecule has 1 aliphatic rings. The zero-order chi connectivity index (χ0) is 31.3. The van der Waals surface area contributed by atoms with Crippen LogP contribution in [0.4, 0.5) is 13.2 Å². The standard InChI is InChI=1S/C28H24ClF3N6O3/c1-15(39)35-28(2,3)26-20(32)13-37(36-26)24-10-22-16(11-34-24)6-4-5-7-18-9-23(25(29)27(40)38(18)22)41-14-21-19(31)8-17(30)12-33-21/h5,7-13H,4,6,14H2,1-3H3,(H,35,39)/b7-5-/i14D2. The molecule has 0 spiro atoms. The number of carbonyl (C=O) groups excluding carboxylic acids is 1. The number of ether oxygens (including phenoxy) is 1. The summed E-state index contributed by atoms with van der Waals surface area (Å²) in [5.74, 6) is -3.56. The summed E-state index contributed by atoms with van der Waals surface area (Å²) in [6.45, 7) is 1.60. The molecule has 1 aliphatic heterocycles. The SMILES string of the molecule is [2H]C([2H])(Oc1cc2n(c(=O)c1Cl)-c1cc(-n3cc(F)c(C(C)(C)NC(C)=O)n3)ncc1CC/C=C\2)c1ncc(F)cc1F. The second kappa shape index (κ2) is 10.8. The van der Waals surface area contributed by atoms with Gasteiger partial charge in [-0.2, -0.15) is 5.10 Å². The van der Waals surface area contributed by atoms with Gasteiger partial charge in [0.2, 0.25) is 5.91 Å². The Kier molecular flexibility index (Phi) is 6.75. The third kappa shape index (κ3) is 5.60. The Morgan fingerprint density at radius 3 is 2.71 bits per heavy atom. The Hall–Kier alpha value is -4.45. The summed E-state index contributed by atoms with van der Waals surface area (Å²) in [5.41, 5.74) is -1.52. The minimum Gasteiger partial charge on any atom is -0.485 e. The maximum absolute atomic E-state index is 15.0. The van der Waals surface area contributed by atoms with Crippen molar-refractivity contribution >= 4 is 23.6 Å². The van der Waals surface area contributed by atoms with Crippen molar-refractivity contribution in [1.82, 2.24) is 29.6 Å². The molecule has 0 aromatic carbocycles. The number of aromatic nitrogens is 5. The highest BCUT2D eigenvalue weighted by Crippen LogP contribution is 2.30. The maximum atomic E-state index is 15.0. The molecular weight excluding hydrogens is 561 g/mol. The molecule has 0 saturated carbocycles. The molecule has 5 rings (SSSR count). The van der Waals surface area contributed by atoms with E-state index < -0.39 is 51.6 Å². The van der Waals surface area contributed by atoms with Gasteiger partial charge in [-0.25, -0.2) is 22.8 Å². The lowest BCUT2D eigenvalue weighted by atomic mass is 10.0. The lowest BCUT2D eigenvalue weighted by molar-refractivity contribution is -0.120. The van der Waals surface area contributed by atoms with Crippen LogP contribution in [0.25, 0.3) is 17.6 Å². The topological polar surface area (TPSA) is 104 Å². The lowest BCUT2D eigenvalue weighted by Gasteiger charge is -2.23. The highest BCUT2D eigenvalue weighted by molar-refractivity contribution is 6.31. The molecule has 4 aromatic heterocycles. The Bertz CT molecular complexity index is 1860. The Labute approximate surface area is 240 Å². The number of aryl methyl sites for hydroxylation is 1. The van der Waals surface area contributed by atoms with E-state index in [1.807, 2.05) is 0 Å². The van der Waals surface area contributed by atoms with Gasteiger partial charge in [0.05, 0.1) is 32.1 Å². The minimum absolute atomic E-state index is 0.0251. The van der Waals surface area contributed by atoms with E-state index in [4.69, 9.17) is 19.1 Å². The number of hydrogen-bond donors (Lipinski definition) is 1. The van der Waals surface area contributed by atoms with E-state index in [1.165, 1.54) is 34.5 Å². The van der Waals surface area contributed by atoms with Gasteiger partial charge in [0.25, 0.3) is 5.56 Å². The van der Waals surface area contributed by atoms with E-state index in [1.54, 1.807) is 26.0 Å². The number of allylic oxidation sites excluding steroid dienone is 1. The Balaban J connectivity index is 1.60. The van der Waals surface area contributed by atoms with Gasteiger partial charge in [-0.1, -0.05) is 17.7 Å². The molecule has 4 aromatic rings. The summed E-state index contributed by atoms with van der Waals surface area (Å²) in [4.78, 5) is 33.1. The van der Waals surface area contributed by atoms with Gasteiger partial charge in [0.15, 0.2) is 17.5 Å². The Morgan fingerprint density at radius 1 is 1.20 bits per heavy atom. The number of nitrogens with zero attached hydrogens (tertiary/aromatic N) is 5. The normalized spacial score (nSPS) is 14.6. The summed E-state index contributed by atoms with van der Waals surface area (Å²) in [5, 5.41) is 6.43. The third-order valence-electron chi connectivity index (χ3n) is 6.25. The first-order valence-corrected chi connectivity index (χ1v) is 12.7. The highest BCUT2D eigenvalue weighted by Gasteiger charge is 2.29. The van der Waals surface area contributed by atoms with E-state index in [2.05, 4.69) is 20.4 Å². The number of halogens is 4. The first-order valence-electron chi connectivity index (χ1n) is 13.3. The fourth-order valence-electron chi connectivity index (χ4n) is 4.45. The molecule has 0 fully saturated rings. The largest absolute Gasteiger partial charge is 0.485 e. The molecule has 9 nitrogen and oxygen atoms in total. The van der Waals surface area contributed by atoms with Gasteiger partial charge in [-0.05, 0) is 38.3 Å². The van der Waals surface area contributed by atoms with E-state index in [0.717, 1.165) is 6.20 Å². The smallest absolute Gasteiger partial charge is 0.278 e. The number of hydrogen-bond acceptors (Lipinski definition) is 6. The predicted molar refractivity (Wildman–Crippen MR) is 145 cm³/mol. The van der Waals surface area contributed by atoms with E-state index in [0.29, 0.717) is 36.4 Å². The van der Waals surface area contributed by atoms with Crippen molar-refractivity contribution in [2.45, 2.75) is 45.7 Å². The average Bonchev–Trinajstić information content (AvgIpc) is 3.30. The number of carbonyl (C=O) groups is 1. The molecule has 0 aliphatic carbocycles. The summed E-state index contributed by atoms with van der Waals surface area (Å²) in [6.07, 6.45) is 7.71. The number of rotatable bonds is 6. The van der Waals surface area contributed by atoms with Crippen molar-refractivity contribution in [3.8, 4) is 17.3 Å². The van der Waals surface area contributed by atoms with Crippen LogP contribution in [0.3, 0.4) is 0 Å². The number of amides is 1. The zero-order valence-corrected chi connectivity index (χ0v) is 22.8. The van der Waals surface area contributed by atoms with Crippen LogP contribution in [0.5, 0.6) is 5.75 Å². The molecule has 0 saturated heterocycles. The van der Waals surface area contributed by atoms with Gasteiger partial charge < -0.3 is 10.1 Å². The number of pyridine rings is 3. The first-order chi connectivity index (χ1) is 20.2. The predicted octanol–water partition coefficient (Wildman–Crippen LogP) is 4.79. The van der Waals surface area contributed by atoms with Crippen LogP contribution in [0, 0.1) is 17.5 Å². The van der Waals surface area contributed by atoms with Crippen molar-refractivity contribution in [3.63, 3.8) is 0 Å². The lowest BCUT2D eigenvalue weighted by Crippen LogP contribution is -2.40. The number of fused-ring (bicyclic) bond motifs is 3. The van der Waals surface area contributed by atoms with Crippen LogP contribution in [-0.4, -0.2) is 30.2 Å². The molecule has 5 heterocycles. The molecule has 1 N–H and O–H groups in total. The van der Waals surface area contributed by atoms with Gasteiger partial charge >= 0.3 is 0 Å². The summed E-state index contributed by atoms with van der Waals surface area (Å²) < 4.78 is 66.8. The fraction of sp³-hybridized carbons (Fsp3) is 0.250. The van der Waals surface area contributed by atoms with E-state index >= 15 is 0 Å². The molecule has 0 radical (unpaired) electrons. The van der Waals surface area contributed by atoms with Gasteiger partial charge in [0.1, 0.15) is 34.5 Å². The monoisotopic (exact) mass is 586 g/mol. The van der Waals surface area contributed by atoms with Crippen LogP contribution in [0.15, 0.2) is 47.7 Å². The molecule has 41 heavy (non-hydrogen) atoms. The molecule has 0 unspecified atom stereocenters. The van der Waals surface area contributed by atoms with Crippen molar-refractivity contribution in [2.24, 2.45) is 0 Å². The molecule has 0 atom stereocenters. The molecular formula is C28H24ClF3N6O3. The summed E-state index contributed by atoms with van der Waals surface area (Å²) >= 11 is 6.38. The molecule has 212 valence electrons. The van der Waals surface area contributed by atoms with Crippen LogP contribution >= 0.6 is 11.6 Å². The number of nitrogens with one attached hydrogen (secondary N) is 1. The summed E-state index contributed by atoms with van der Waals surface area (Å²) in [7, 11) is 0. The first kappa shape index (κ1) is 25.5. The van der Waals surface area contributed by atoms with Crippen LogP contribution in [-0.2, 0) is 23.3 Å². The van der Waals surface area contributed by atoms with Gasteiger partial charge in [0, 0.05) is 31.3 Å². The highest BCUT2D eigenvalue weighted by atomic mass is 35.5. The summed E-state index contributed by atoms with van der Waals surface area (Å²) in [6, 6.07) is 3.28. The van der Waals surface area contributed by atoms with Crippen LogP contribution in [0.2, 0.25) is 5.02 Å². The van der Waals surface area contributed by atoms with E-state index in [9.17, 15) is 22.8 Å². The average molecular weight is 587 g/mol. The van der Waals surface area contributed by atoms with Crippen molar-refractivity contribution in [2.75, 3.05) is 0 Å². The zero-order valence-electron chi connectivity index (χ0n) is 24.0. The van der Waals surface area contributed by atoms with Gasteiger partial charge in [-0.15, -0.1) is 0 Å². The quantitative estimate of drug-likeness (QED) is 0.348.